The molecule has 1 radical (unpaired) electrons. The van der Waals surface area contributed by atoms with E-state index in [1.807, 2.05) is 29.5 Å². The van der Waals surface area contributed by atoms with Crippen LogP contribution in [0.15, 0.2) is 128 Å². The Bertz CT molecular complexity index is 2920. The number of aromatic nitrogens is 3. The van der Waals surface area contributed by atoms with Crippen LogP contribution in [0.1, 0.15) is 38.8 Å². The maximum absolute atomic E-state index is 5.10. The van der Waals surface area contributed by atoms with Crippen molar-refractivity contribution in [1.29, 1.82) is 0 Å². The molecule has 3 nitrogen and oxygen atoms in total. The largest absolute Gasteiger partial charge is 0 e. The smallest absolute Gasteiger partial charge is 0 e. The van der Waals surface area contributed by atoms with E-state index >= 15 is 0 Å². The third-order valence-corrected chi connectivity index (χ3v) is 18.9. The molecular formula is C54H57GeIrN3SSi-2. The fraction of sp³-hybridized carbons (Fsp3) is 0.259. The maximum Gasteiger partial charge on any atom is 0 e. The molecular weight excluding hydrogens is 1020 g/mol. The first-order chi connectivity index (χ1) is 28.7. The molecule has 9 rings (SSSR count). The Kier molecular flexibility index (Phi) is 13.4. The molecule has 0 atom stereocenters. The van der Waals surface area contributed by atoms with Gasteiger partial charge in [0.25, 0.3) is 0 Å². The van der Waals surface area contributed by atoms with Crippen molar-refractivity contribution in [3.05, 3.63) is 151 Å². The topological polar surface area (TPSA) is 30.7 Å². The van der Waals surface area contributed by atoms with Gasteiger partial charge < -0.3 is 9.55 Å². The van der Waals surface area contributed by atoms with Crippen LogP contribution in [0.4, 0.5) is 0 Å². The number of pyridine rings is 2. The molecule has 0 fully saturated rings. The van der Waals surface area contributed by atoms with Gasteiger partial charge in [0.1, 0.15) is 0 Å². The average molecular weight is 1070 g/mol. The Balaban J connectivity index is 0.000000226. The monoisotopic (exact) mass is 1070 g/mol. The zero-order chi connectivity index (χ0) is 42.3. The second-order valence-electron chi connectivity index (χ2n) is 19.1. The molecule has 0 bridgehead atoms. The number of hydrogen-bond acceptors (Lipinski definition) is 3. The third-order valence-electron chi connectivity index (χ3n) is 11.3. The van der Waals surface area contributed by atoms with E-state index in [9.17, 15) is 0 Å². The minimum absolute atomic E-state index is 0. The van der Waals surface area contributed by atoms with Crippen LogP contribution in [0, 0.1) is 24.0 Å². The van der Waals surface area contributed by atoms with Crippen LogP contribution in [0.3, 0.4) is 0 Å². The number of benzene rings is 5. The van der Waals surface area contributed by atoms with Gasteiger partial charge in [0.2, 0.25) is 0 Å². The van der Waals surface area contributed by atoms with E-state index in [2.05, 4.69) is 191 Å². The van der Waals surface area contributed by atoms with Crippen LogP contribution in [0.5, 0.6) is 0 Å². The van der Waals surface area contributed by atoms with Gasteiger partial charge in [0.05, 0.1) is 8.07 Å². The van der Waals surface area contributed by atoms with Gasteiger partial charge in [-0.1, -0.05) is 105 Å². The number of thiophene rings is 1. The van der Waals surface area contributed by atoms with Gasteiger partial charge in [-0.3, -0.25) is 0 Å². The molecule has 0 saturated carbocycles. The van der Waals surface area contributed by atoms with Gasteiger partial charge in [0, 0.05) is 52.8 Å². The van der Waals surface area contributed by atoms with E-state index in [1.165, 1.54) is 64.0 Å². The summed E-state index contributed by atoms with van der Waals surface area (Å²) in [4.78, 5) is 9.80. The van der Waals surface area contributed by atoms with E-state index in [-0.39, 0.29) is 20.1 Å². The van der Waals surface area contributed by atoms with Crippen molar-refractivity contribution >= 4 is 84.2 Å². The molecule has 0 aliphatic heterocycles. The average Bonchev–Trinajstić information content (AvgIpc) is 3.77. The van der Waals surface area contributed by atoms with E-state index in [0.29, 0.717) is 11.8 Å². The van der Waals surface area contributed by atoms with E-state index in [1.54, 1.807) is 4.40 Å². The quantitative estimate of drug-likeness (QED) is 0.107. The molecule has 0 amide bonds. The van der Waals surface area contributed by atoms with Crippen LogP contribution in [-0.4, -0.2) is 35.9 Å². The minimum Gasteiger partial charge on any atom is 0 e. The second-order valence-corrected chi connectivity index (χ2v) is 35.8. The molecule has 9 aromatic rings. The molecule has 5 aromatic carbocycles. The first kappa shape index (κ1) is 44.9. The Labute approximate surface area is 384 Å². The summed E-state index contributed by atoms with van der Waals surface area (Å²) in [5.41, 5.74) is 10.8. The van der Waals surface area contributed by atoms with Crippen LogP contribution >= 0.6 is 11.3 Å². The summed E-state index contributed by atoms with van der Waals surface area (Å²) >= 11 is 0.000929. The summed E-state index contributed by atoms with van der Waals surface area (Å²) in [6.45, 7) is 16.5. The predicted octanol–water partition coefficient (Wildman–Crippen LogP) is 14.0. The van der Waals surface area contributed by atoms with Crippen molar-refractivity contribution in [3.63, 3.8) is 0 Å². The molecule has 0 spiro atoms. The molecule has 61 heavy (non-hydrogen) atoms. The fourth-order valence-corrected chi connectivity index (χ4v) is 14.9. The third kappa shape index (κ3) is 9.31. The first-order valence-electron chi connectivity index (χ1n) is 21.5. The Hall–Kier alpha value is -4.17. The van der Waals surface area contributed by atoms with Crippen molar-refractivity contribution in [2.75, 3.05) is 0 Å². The Morgan fingerprint density at radius 3 is 1.85 bits per heavy atom. The standard InChI is InChI=1S/C36H33N2SSi.C18H24GeN.Ir/c1-23(2)20-24-21-29(37-22-34(24)40(3,4)5)27-18-19-32(35-28-14-8-11-17-33(28)39-36(27)35)38-30-15-9-6-12-25(30)26-13-7-10-16-31(26)38;1-14(2)11-16-12-18(15-9-7-6-8-10-15)20-13-17(16)19(3,4)5;/h6-17,19,21-23H,20H2,1-5H3;6-9,12-14H,11H2,1-5H3;/q2*-1;. The number of rotatable bonds is 9. The number of para-hydroxylation sites is 2. The van der Waals surface area contributed by atoms with E-state index in [0.717, 1.165) is 35.4 Å². The molecule has 0 N–H and O–H groups in total. The molecule has 313 valence electrons. The van der Waals surface area contributed by atoms with E-state index in [4.69, 9.17) is 9.97 Å². The summed E-state index contributed by atoms with van der Waals surface area (Å²) < 4.78 is 6.52. The summed E-state index contributed by atoms with van der Waals surface area (Å²) in [5.74, 6) is 8.59. The maximum atomic E-state index is 5.10. The van der Waals surface area contributed by atoms with Gasteiger partial charge in [-0.15, -0.1) is 17.7 Å². The minimum atomic E-state index is -1.86. The second kappa shape index (κ2) is 18.3. The Morgan fingerprint density at radius 2 is 1.25 bits per heavy atom. The van der Waals surface area contributed by atoms with Crippen molar-refractivity contribution in [2.45, 2.75) is 77.4 Å². The molecule has 7 heteroatoms. The van der Waals surface area contributed by atoms with Crippen molar-refractivity contribution < 1.29 is 20.1 Å². The molecule has 0 saturated heterocycles. The van der Waals surface area contributed by atoms with Crippen molar-refractivity contribution in [3.8, 4) is 28.2 Å². The van der Waals surface area contributed by atoms with Crippen molar-refractivity contribution in [1.82, 2.24) is 14.5 Å². The zero-order valence-electron chi connectivity index (χ0n) is 37.3. The van der Waals surface area contributed by atoms with Crippen LogP contribution in [-0.2, 0) is 32.9 Å². The SMILES string of the molecule is CC(C)Cc1cc(-c2[c-]cc(-n3c4ccccc4c4ccccc43)c3c2sc2ccccc23)ncc1[Si](C)(C)C.CC(C)Cc1cc(-c2[c-]cccc2)nc[c]1[Ge]([CH3])([CH3])[CH3].[Ir]. The van der Waals surface area contributed by atoms with Crippen LogP contribution in [0.25, 0.3) is 70.2 Å². The Morgan fingerprint density at radius 1 is 0.672 bits per heavy atom. The van der Waals surface area contributed by atoms with E-state index < -0.39 is 21.3 Å². The van der Waals surface area contributed by atoms with Gasteiger partial charge >= 0.3 is 126 Å². The van der Waals surface area contributed by atoms with Crippen molar-refractivity contribution in [2.24, 2.45) is 11.8 Å². The summed E-state index contributed by atoms with van der Waals surface area (Å²) in [5, 5.41) is 6.59. The number of hydrogen-bond donors (Lipinski definition) is 0. The first-order valence-corrected chi connectivity index (χ1v) is 33.2. The molecule has 4 aromatic heterocycles. The normalized spacial score (nSPS) is 12.1. The molecule has 0 unspecified atom stereocenters. The van der Waals surface area contributed by atoms with Gasteiger partial charge in [-0.05, 0) is 57.2 Å². The number of nitrogens with zero attached hydrogens (tertiary/aromatic N) is 3. The van der Waals surface area contributed by atoms with Crippen LogP contribution in [0.2, 0.25) is 36.9 Å². The summed E-state index contributed by atoms with van der Waals surface area (Å²) in [7, 11) is -1.52. The predicted molar refractivity (Wildman–Crippen MR) is 267 cm³/mol. The van der Waals surface area contributed by atoms with Gasteiger partial charge in [0.15, 0.2) is 0 Å². The number of fused-ring (bicyclic) bond motifs is 6. The zero-order valence-corrected chi connectivity index (χ0v) is 43.6. The molecule has 0 aliphatic rings. The van der Waals surface area contributed by atoms with Gasteiger partial charge in [-0.25, -0.2) is 0 Å². The summed E-state index contributed by atoms with van der Waals surface area (Å²) in [6, 6.07) is 48.2. The molecule has 0 aliphatic carbocycles. The van der Waals surface area contributed by atoms with Crippen LogP contribution < -0.4 is 9.58 Å². The van der Waals surface area contributed by atoms with Gasteiger partial charge in [-0.2, -0.15) is 11.3 Å². The summed E-state index contributed by atoms with van der Waals surface area (Å²) in [6.07, 6.45) is 6.52. The molecule has 4 heterocycles. The fourth-order valence-electron chi connectivity index (χ4n) is 8.70.